The third-order valence-corrected chi connectivity index (χ3v) is 3.80. The summed E-state index contributed by atoms with van der Waals surface area (Å²) < 4.78 is 5.24. The highest BCUT2D eigenvalue weighted by molar-refractivity contribution is 7.98. The van der Waals surface area contributed by atoms with Crippen molar-refractivity contribution in [2.24, 2.45) is 11.1 Å². The summed E-state index contributed by atoms with van der Waals surface area (Å²) >= 11 is 1.67. The Morgan fingerprint density at radius 2 is 1.95 bits per heavy atom. The molecule has 0 saturated heterocycles. The summed E-state index contributed by atoms with van der Waals surface area (Å²) in [6.45, 7) is 6.19. The molecule has 0 radical (unpaired) electrons. The minimum absolute atomic E-state index is 0.0757. The van der Waals surface area contributed by atoms with E-state index < -0.39 is 0 Å². The van der Waals surface area contributed by atoms with Crippen LogP contribution in [0.5, 0.6) is 0 Å². The first-order valence-electron chi connectivity index (χ1n) is 6.23. The SMILES string of the molecule is CC(C)(C)C(N)c1noc(CSc2ccccc2)n1. The van der Waals surface area contributed by atoms with Crippen LogP contribution >= 0.6 is 11.8 Å². The largest absolute Gasteiger partial charge is 0.338 e. The van der Waals surface area contributed by atoms with Crippen LogP contribution in [0.2, 0.25) is 0 Å². The Bertz CT molecular complexity index is 519. The van der Waals surface area contributed by atoms with Gasteiger partial charge >= 0.3 is 0 Å². The molecule has 2 rings (SSSR count). The Balaban J connectivity index is 1.98. The van der Waals surface area contributed by atoms with Crippen LogP contribution in [0.25, 0.3) is 0 Å². The van der Waals surface area contributed by atoms with Crippen molar-refractivity contribution in [3.05, 3.63) is 42.0 Å². The van der Waals surface area contributed by atoms with Crippen LogP contribution in [-0.2, 0) is 5.75 Å². The van der Waals surface area contributed by atoms with Gasteiger partial charge in [-0.3, -0.25) is 0 Å². The predicted molar refractivity (Wildman–Crippen MR) is 76.7 cm³/mol. The summed E-state index contributed by atoms with van der Waals surface area (Å²) in [5.74, 6) is 1.85. The molecule has 0 spiro atoms. The maximum absolute atomic E-state index is 6.10. The van der Waals surface area contributed by atoms with Gasteiger partial charge in [-0.2, -0.15) is 4.98 Å². The third kappa shape index (κ3) is 3.81. The Kier molecular flexibility index (Phi) is 4.27. The Hall–Kier alpha value is -1.33. The van der Waals surface area contributed by atoms with Crippen molar-refractivity contribution in [2.75, 3.05) is 0 Å². The molecule has 0 fully saturated rings. The Morgan fingerprint density at radius 1 is 1.26 bits per heavy atom. The molecule has 4 nitrogen and oxygen atoms in total. The van der Waals surface area contributed by atoms with Gasteiger partial charge in [-0.1, -0.05) is 44.1 Å². The van der Waals surface area contributed by atoms with E-state index in [0.717, 1.165) is 0 Å². The van der Waals surface area contributed by atoms with Crippen molar-refractivity contribution in [1.82, 2.24) is 10.1 Å². The Labute approximate surface area is 117 Å². The second kappa shape index (κ2) is 5.75. The second-order valence-electron chi connectivity index (χ2n) is 5.49. The molecule has 1 atom stereocenters. The number of thioether (sulfide) groups is 1. The first-order valence-corrected chi connectivity index (χ1v) is 7.21. The zero-order valence-corrected chi connectivity index (χ0v) is 12.3. The van der Waals surface area contributed by atoms with E-state index in [-0.39, 0.29) is 11.5 Å². The summed E-state index contributed by atoms with van der Waals surface area (Å²) in [7, 11) is 0. The Morgan fingerprint density at radius 3 is 2.58 bits per heavy atom. The van der Waals surface area contributed by atoms with Gasteiger partial charge in [-0.05, 0) is 17.5 Å². The third-order valence-electron chi connectivity index (χ3n) is 2.80. The van der Waals surface area contributed by atoms with Gasteiger partial charge in [0, 0.05) is 4.90 Å². The topological polar surface area (TPSA) is 64.9 Å². The fraction of sp³-hybridized carbons (Fsp3) is 0.429. The quantitative estimate of drug-likeness (QED) is 0.868. The zero-order valence-electron chi connectivity index (χ0n) is 11.5. The van der Waals surface area contributed by atoms with Crippen molar-refractivity contribution < 1.29 is 4.52 Å². The lowest BCUT2D eigenvalue weighted by atomic mass is 9.87. The maximum atomic E-state index is 6.10. The van der Waals surface area contributed by atoms with E-state index in [1.165, 1.54) is 4.90 Å². The fourth-order valence-corrected chi connectivity index (χ4v) is 2.26. The van der Waals surface area contributed by atoms with Gasteiger partial charge < -0.3 is 10.3 Å². The monoisotopic (exact) mass is 277 g/mol. The molecular weight excluding hydrogens is 258 g/mol. The van der Waals surface area contributed by atoms with E-state index in [1.54, 1.807) is 11.8 Å². The first-order chi connectivity index (χ1) is 8.97. The van der Waals surface area contributed by atoms with Gasteiger partial charge in [0.15, 0.2) is 5.82 Å². The van der Waals surface area contributed by atoms with Gasteiger partial charge in [-0.25, -0.2) is 0 Å². The number of hydrogen-bond acceptors (Lipinski definition) is 5. The average molecular weight is 277 g/mol. The van der Waals surface area contributed by atoms with Crippen molar-refractivity contribution in [3.63, 3.8) is 0 Å². The zero-order chi connectivity index (χ0) is 13.9. The molecular formula is C14H19N3OS. The lowest BCUT2D eigenvalue weighted by molar-refractivity contribution is 0.301. The summed E-state index contributed by atoms with van der Waals surface area (Å²) in [5.41, 5.74) is 6.03. The van der Waals surface area contributed by atoms with Gasteiger partial charge in [-0.15, -0.1) is 11.8 Å². The molecule has 1 heterocycles. The molecule has 0 bridgehead atoms. The van der Waals surface area contributed by atoms with E-state index in [2.05, 4.69) is 43.0 Å². The van der Waals surface area contributed by atoms with Crippen LogP contribution in [-0.4, -0.2) is 10.1 Å². The van der Waals surface area contributed by atoms with Crippen LogP contribution in [0.1, 0.15) is 38.5 Å². The minimum Gasteiger partial charge on any atom is -0.338 e. The molecule has 102 valence electrons. The van der Waals surface area contributed by atoms with Crippen LogP contribution < -0.4 is 5.73 Å². The highest BCUT2D eigenvalue weighted by Gasteiger charge is 2.26. The molecule has 1 unspecified atom stereocenters. The van der Waals surface area contributed by atoms with Crippen LogP contribution in [0.4, 0.5) is 0 Å². The molecule has 1 aromatic carbocycles. The summed E-state index contributed by atoms with van der Waals surface area (Å²) in [4.78, 5) is 5.55. The predicted octanol–water partition coefficient (Wildman–Crippen LogP) is 3.41. The molecule has 0 amide bonds. The van der Waals surface area contributed by atoms with Gasteiger partial charge in [0.05, 0.1) is 11.8 Å². The van der Waals surface area contributed by atoms with E-state index in [9.17, 15) is 0 Å². The number of hydrogen-bond donors (Lipinski definition) is 1. The standard InChI is InChI=1S/C14H19N3OS/c1-14(2,3)12(15)13-16-11(18-17-13)9-19-10-7-5-4-6-8-10/h4-8,12H,9,15H2,1-3H3. The molecule has 5 heteroatoms. The average Bonchev–Trinajstić information content (AvgIpc) is 2.84. The molecule has 1 aromatic heterocycles. The van der Waals surface area contributed by atoms with E-state index in [0.29, 0.717) is 17.5 Å². The first kappa shape index (κ1) is 14.1. The fourth-order valence-electron chi connectivity index (χ4n) is 1.50. The molecule has 2 N–H and O–H groups in total. The van der Waals surface area contributed by atoms with E-state index in [1.807, 2.05) is 18.2 Å². The number of nitrogens with two attached hydrogens (primary N) is 1. The van der Waals surface area contributed by atoms with Crippen LogP contribution in [0, 0.1) is 5.41 Å². The smallest absolute Gasteiger partial charge is 0.237 e. The lowest BCUT2D eigenvalue weighted by Crippen LogP contribution is -2.27. The highest BCUT2D eigenvalue weighted by Crippen LogP contribution is 2.29. The molecule has 0 saturated carbocycles. The van der Waals surface area contributed by atoms with Crippen molar-refractivity contribution in [2.45, 2.75) is 37.5 Å². The minimum atomic E-state index is -0.216. The normalized spacial score (nSPS) is 13.5. The number of benzene rings is 1. The molecule has 0 aliphatic rings. The number of rotatable bonds is 4. The van der Waals surface area contributed by atoms with Crippen molar-refractivity contribution >= 4 is 11.8 Å². The summed E-state index contributed by atoms with van der Waals surface area (Å²) in [5, 5.41) is 3.97. The van der Waals surface area contributed by atoms with Crippen molar-refractivity contribution in [1.29, 1.82) is 0 Å². The van der Waals surface area contributed by atoms with Crippen LogP contribution in [0.3, 0.4) is 0 Å². The van der Waals surface area contributed by atoms with E-state index in [4.69, 9.17) is 10.3 Å². The highest BCUT2D eigenvalue weighted by atomic mass is 32.2. The number of nitrogens with zero attached hydrogens (tertiary/aromatic N) is 2. The summed E-state index contributed by atoms with van der Waals surface area (Å²) in [6.07, 6.45) is 0. The molecule has 0 aliphatic carbocycles. The van der Waals surface area contributed by atoms with Crippen molar-refractivity contribution in [3.8, 4) is 0 Å². The molecule has 2 aromatic rings. The van der Waals surface area contributed by atoms with Gasteiger partial charge in [0.2, 0.25) is 5.89 Å². The van der Waals surface area contributed by atoms with Crippen LogP contribution in [0.15, 0.2) is 39.8 Å². The summed E-state index contributed by atoms with van der Waals surface area (Å²) in [6, 6.07) is 9.92. The maximum Gasteiger partial charge on any atom is 0.237 e. The molecule has 0 aliphatic heterocycles. The molecule has 19 heavy (non-hydrogen) atoms. The lowest BCUT2D eigenvalue weighted by Gasteiger charge is -2.23. The van der Waals surface area contributed by atoms with Gasteiger partial charge in [0.25, 0.3) is 0 Å². The second-order valence-corrected chi connectivity index (χ2v) is 6.54. The van der Waals surface area contributed by atoms with E-state index >= 15 is 0 Å². The van der Waals surface area contributed by atoms with Gasteiger partial charge in [0.1, 0.15) is 0 Å². The number of aromatic nitrogens is 2.